The van der Waals surface area contributed by atoms with Crippen LogP contribution in [0.15, 0.2) is 29.2 Å². The first-order valence-electron chi connectivity index (χ1n) is 6.72. The summed E-state index contributed by atoms with van der Waals surface area (Å²) in [6.45, 7) is 0. The standard InChI is InChI=1S/C15H19NOS/c1-18-14-5-3-2-4-12(14)15(17)16-13-9-10-6-7-11(13)8-10/h2-5,10-11,13H,6-9H2,1H3,(H,16,17)/t10-,11+,13-/m1/s1. The first-order chi connectivity index (χ1) is 8.78. The van der Waals surface area contributed by atoms with E-state index >= 15 is 0 Å². The van der Waals surface area contributed by atoms with Crippen LogP contribution in [0, 0.1) is 11.8 Å². The van der Waals surface area contributed by atoms with E-state index in [-0.39, 0.29) is 5.91 Å². The molecule has 0 radical (unpaired) electrons. The van der Waals surface area contributed by atoms with Gasteiger partial charge in [0, 0.05) is 10.9 Å². The van der Waals surface area contributed by atoms with Crippen molar-refractivity contribution < 1.29 is 4.79 Å². The summed E-state index contributed by atoms with van der Waals surface area (Å²) < 4.78 is 0. The van der Waals surface area contributed by atoms with Crippen molar-refractivity contribution in [2.24, 2.45) is 11.8 Å². The Morgan fingerprint density at radius 2 is 2.11 bits per heavy atom. The Morgan fingerprint density at radius 1 is 1.28 bits per heavy atom. The number of thioether (sulfide) groups is 1. The highest BCUT2D eigenvalue weighted by molar-refractivity contribution is 7.98. The Kier molecular flexibility index (Phi) is 3.33. The zero-order chi connectivity index (χ0) is 12.5. The van der Waals surface area contributed by atoms with Gasteiger partial charge in [0.2, 0.25) is 0 Å². The lowest BCUT2D eigenvalue weighted by Crippen LogP contribution is -2.38. The average Bonchev–Trinajstić information content (AvgIpc) is 3.01. The largest absolute Gasteiger partial charge is 0.349 e. The summed E-state index contributed by atoms with van der Waals surface area (Å²) in [6.07, 6.45) is 7.22. The highest BCUT2D eigenvalue weighted by Crippen LogP contribution is 2.44. The van der Waals surface area contributed by atoms with E-state index in [1.807, 2.05) is 30.5 Å². The SMILES string of the molecule is CSc1ccccc1C(=O)N[C@@H]1C[C@@H]2CC[C@H]1C2. The number of rotatable bonds is 3. The quantitative estimate of drug-likeness (QED) is 0.846. The molecule has 3 atom stereocenters. The lowest BCUT2D eigenvalue weighted by Gasteiger charge is -2.23. The molecule has 1 N–H and O–H groups in total. The van der Waals surface area contributed by atoms with E-state index in [2.05, 4.69) is 5.32 Å². The Bertz CT molecular complexity index is 460. The van der Waals surface area contributed by atoms with Gasteiger partial charge in [-0.05, 0) is 49.5 Å². The van der Waals surface area contributed by atoms with Crippen LogP contribution in [-0.4, -0.2) is 18.2 Å². The number of carbonyl (C=O) groups is 1. The number of hydrogen-bond acceptors (Lipinski definition) is 2. The molecule has 0 spiro atoms. The summed E-state index contributed by atoms with van der Waals surface area (Å²) in [6, 6.07) is 8.29. The molecule has 0 aromatic heterocycles. The molecule has 2 aliphatic carbocycles. The van der Waals surface area contributed by atoms with E-state index in [1.54, 1.807) is 11.8 Å². The normalized spacial score (nSPS) is 29.5. The second-order valence-electron chi connectivity index (χ2n) is 5.46. The van der Waals surface area contributed by atoms with Crippen molar-refractivity contribution in [2.45, 2.75) is 36.6 Å². The van der Waals surface area contributed by atoms with Gasteiger partial charge < -0.3 is 5.32 Å². The molecule has 2 bridgehead atoms. The number of fused-ring (bicyclic) bond motifs is 2. The molecule has 96 valence electrons. The van der Waals surface area contributed by atoms with Crippen molar-refractivity contribution in [3.05, 3.63) is 29.8 Å². The van der Waals surface area contributed by atoms with Crippen LogP contribution in [0.4, 0.5) is 0 Å². The zero-order valence-electron chi connectivity index (χ0n) is 10.7. The van der Waals surface area contributed by atoms with Crippen LogP contribution < -0.4 is 5.32 Å². The Morgan fingerprint density at radius 3 is 2.78 bits per heavy atom. The summed E-state index contributed by atoms with van der Waals surface area (Å²) in [4.78, 5) is 13.4. The third kappa shape index (κ3) is 2.16. The molecule has 2 aliphatic rings. The van der Waals surface area contributed by atoms with Crippen molar-refractivity contribution in [1.29, 1.82) is 0 Å². The minimum absolute atomic E-state index is 0.109. The van der Waals surface area contributed by atoms with Crippen LogP contribution in [0.25, 0.3) is 0 Å². The summed E-state index contributed by atoms with van der Waals surface area (Å²) in [7, 11) is 0. The molecule has 1 aromatic rings. The highest BCUT2D eigenvalue weighted by atomic mass is 32.2. The predicted octanol–water partition coefficient (Wildman–Crippen LogP) is 3.33. The summed E-state index contributed by atoms with van der Waals surface area (Å²) in [5.74, 6) is 1.72. The maximum Gasteiger partial charge on any atom is 0.252 e. The molecule has 0 aliphatic heterocycles. The summed E-state index contributed by atoms with van der Waals surface area (Å²) >= 11 is 1.64. The lowest BCUT2D eigenvalue weighted by molar-refractivity contribution is 0.0920. The van der Waals surface area contributed by atoms with E-state index in [0.29, 0.717) is 6.04 Å². The minimum Gasteiger partial charge on any atom is -0.349 e. The lowest BCUT2D eigenvalue weighted by atomic mass is 9.95. The molecule has 0 saturated heterocycles. The molecule has 18 heavy (non-hydrogen) atoms. The number of amides is 1. The molecule has 2 saturated carbocycles. The fourth-order valence-corrected chi connectivity index (χ4v) is 4.10. The molecule has 0 heterocycles. The highest BCUT2D eigenvalue weighted by Gasteiger charge is 2.40. The molecular weight excluding hydrogens is 242 g/mol. The van der Waals surface area contributed by atoms with E-state index in [4.69, 9.17) is 0 Å². The molecule has 1 aromatic carbocycles. The van der Waals surface area contributed by atoms with Gasteiger partial charge in [-0.25, -0.2) is 0 Å². The van der Waals surface area contributed by atoms with Crippen LogP contribution in [0.2, 0.25) is 0 Å². The van der Waals surface area contributed by atoms with Gasteiger partial charge in [-0.3, -0.25) is 4.79 Å². The number of nitrogens with one attached hydrogen (secondary N) is 1. The molecule has 2 nitrogen and oxygen atoms in total. The minimum atomic E-state index is 0.109. The molecule has 3 rings (SSSR count). The Balaban J connectivity index is 1.71. The van der Waals surface area contributed by atoms with Crippen LogP contribution in [-0.2, 0) is 0 Å². The third-order valence-electron chi connectivity index (χ3n) is 4.41. The van der Waals surface area contributed by atoms with Gasteiger partial charge in [0.1, 0.15) is 0 Å². The number of hydrogen-bond donors (Lipinski definition) is 1. The maximum absolute atomic E-state index is 12.3. The van der Waals surface area contributed by atoms with Crippen molar-refractivity contribution in [3.8, 4) is 0 Å². The second kappa shape index (κ2) is 4.96. The summed E-state index contributed by atoms with van der Waals surface area (Å²) in [5, 5.41) is 3.25. The van der Waals surface area contributed by atoms with E-state index in [1.165, 1.54) is 25.7 Å². The van der Waals surface area contributed by atoms with E-state index in [0.717, 1.165) is 22.3 Å². The van der Waals surface area contributed by atoms with Gasteiger partial charge >= 0.3 is 0 Å². The van der Waals surface area contributed by atoms with Crippen molar-refractivity contribution >= 4 is 17.7 Å². The average molecular weight is 261 g/mol. The number of carbonyl (C=O) groups excluding carboxylic acids is 1. The van der Waals surface area contributed by atoms with Crippen molar-refractivity contribution in [2.75, 3.05) is 6.26 Å². The summed E-state index contributed by atoms with van der Waals surface area (Å²) in [5.41, 5.74) is 0.827. The number of benzene rings is 1. The Hall–Kier alpha value is -0.960. The van der Waals surface area contributed by atoms with E-state index in [9.17, 15) is 4.79 Å². The molecule has 1 amide bonds. The van der Waals surface area contributed by atoms with E-state index < -0.39 is 0 Å². The maximum atomic E-state index is 12.3. The molecule has 0 unspecified atom stereocenters. The monoisotopic (exact) mass is 261 g/mol. The van der Waals surface area contributed by atoms with Crippen molar-refractivity contribution in [3.63, 3.8) is 0 Å². The molecular formula is C15H19NOS. The fraction of sp³-hybridized carbons (Fsp3) is 0.533. The van der Waals surface area contributed by atoms with Crippen LogP contribution in [0.5, 0.6) is 0 Å². The molecule has 3 heteroatoms. The second-order valence-corrected chi connectivity index (χ2v) is 6.30. The van der Waals surface area contributed by atoms with Crippen LogP contribution >= 0.6 is 11.8 Å². The fourth-order valence-electron chi connectivity index (χ4n) is 3.50. The van der Waals surface area contributed by atoms with Gasteiger partial charge in [0.05, 0.1) is 5.56 Å². The Labute approximate surface area is 113 Å². The molecule has 2 fully saturated rings. The first-order valence-corrected chi connectivity index (χ1v) is 7.94. The first kappa shape index (κ1) is 12.1. The van der Waals surface area contributed by atoms with Crippen molar-refractivity contribution in [1.82, 2.24) is 5.32 Å². The third-order valence-corrected chi connectivity index (χ3v) is 5.20. The van der Waals surface area contributed by atoms with Gasteiger partial charge in [-0.15, -0.1) is 11.8 Å². The van der Waals surface area contributed by atoms with Gasteiger partial charge in [0.25, 0.3) is 5.91 Å². The van der Waals surface area contributed by atoms with Gasteiger partial charge in [0.15, 0.2) is 0 Å². The predicted molar refractivity (Wildman–Crippen MR) is 74.9 cm³/mol. The van der Waals surface area contributed by atoms with Crippen LogP contribution in [0.3, 0.4) is 0 Å². The van der Waals surface area contributed by atoms with Gasteiger partial charge in [-0.1, -0.05) is 18.6 Å². The topological polar surface area (TPSA) is 29.1 Å². The zero-order valence-corrected chi connectivity index (χ0v) is 11.5. The van der Waals surface area contributed by atoms with Crippen LogP contribution in [0.1, 0.15) is 36.0 Å². The smallest absolute Gasteiger partial charge is 0.252 e. The van der Waals surface area contributed by atoms with Gasteiger partial charge in [-0.2, -0.15) is 0 Å².